The van der Waals surface area contributed by atoms with Crippen molar-refractivity contribution in [1.29, 1.82) is 0 Å². The quantitative estimate of drug-likeness (QED) is 0.168. The average molecular weight is 511 g/mol. The maximum absolute atomic E-state index is 13.8. The maximum atomic E-state index is 13.8. The molecule has 0 aliphatic rings. The third kappa shape index (κ3) is 5.25. The van der Waals surface area contributed by atoms with Gasteiger partial charge in [-0.05, 0) is 34.9 Å². The molecule has 0 spiro atoms. The van der Waals surface area contributed by atoms with Crippen molar-refractivity contribution >= 4 is 51.4 Å². The Balaban J connectivity index is 2.23. The monoisotopic (exact) mass is 510 g/mol. The first-order valence-electron chi connectivity index (χ1n) is 11.6. The fraction of sp³-hybridized carbons (Fsp3) is 0.0667. The summed E-state index contributed by atoms with van der Waals surface area (Å²) >= 11 is 0. The minimum Gasteiger partial charge on any atom is -0.465 e. The van der Waals surface area contributed by atoms with Crippen LogP contribution in [0.1, 0.15) is 0 Å². The molecule has 0 aliphatic heterocycles. The molecule has 0 unspecified atom stereocenters. The second kappa shape index (κ2) is 12.0. The number of carbonyl (C=O) groups excluding carboxylic acids is 2. The fourth-order valence-electron chi connectivity index (χ4n) is 4.20. The minimum absolute atomic E-state index is 0.133. The van der Waals surface area contributed by atoms with E-state index in [-0.39, 0.29) is 11.0 Å². The molecule has 0 radical (unpaired) electrons. The van der Waals surface area contributed by atoms with Crippen LogP contribution >= 0.6 is 6.89 Å². The van der Waals surface area contributed by atoms with Gasteiger partial charge < -0.3 is 9.47 Å². The van der Waals surface area contributed by atoms with Crippen molar-refractivity contribution in [2.75, 3.05) is 19.6 Å². The third-order valence-electron chi connectivity index (χ3n) is 5.82. The first kappa shape index (κ1) is 25.7. The van der Waals surface area contributed by atoms with Gasteiger partial charge >= 0.3 is 11.9 Å². The van der Waals surface area contributed by atoms with Crippen LogP contribution in [0.4, 0.5) is 5.69 Å². The lowest BCUT2D eigenvalue weighted by Crippen LogP contribution is -2.41. The summed E-state index contributed by atoms with van der Waals surface area (Å²) in [6.45, 7) is -3.01. The highest BCUT2D eigenvalue weighted by Crippen LogP contribution is 2.46. The number of rotatable bonds is 8. The van der Waals surface area contributed by atoms with Gasteiger partial charge in [0.2, 0.25) is 0 Å². The number of hydrogen-bond acceptors (Lipinski definition) is 6. The lowest BCUT2D eigenvalue weighted by molar-refractivity contribution is -0.134. The Kier molecular flexibility index (Phi) is 8.34. The summed E-state index contributed by atoms with van der Waals surface area (Å²) in [5, 5.41) is 7.19. The van der Waals surface area contributed by atoms with E-state index < -0.39 is 18.8 Å². The smallest absolute Gasteiger partial charge is 0.359 e. The molecule has 0 aromatic heterocycles. The number of anilines is 1. The summed E-state index contributed by atoms with van der Waals surface area (Å²) in [6.07, 6.45) is 0. The van der Waals surface area contributed by atoms with Gasteiger partial charge in [0, 0.05) is 0 Å². The van der Waals surface area contributed by atoms with Gasteiger partial charge in [0.1, 0.15) is 5.29 Å². The van der Waals surface area contributed by atoms with Gasteiger partial charge in [0.25, 0.3) is 0 Å². The lowest BCUT2D eigenvalue weighted by atomic mass is 10.2. The van der Waals surface area contributed by atoms with Gasteiger partial charge in [0.15, 0.2) is 5.71 Å². The SMILES string of the molecule is COC(=O)C(/C(=N/Nc1ccccc1)C(=O)OC)=P(c1ccccc1)(c1ccccc1)c1ccccc1. The molecule has 0 saturated carbocycles. The third-order valence-corrected chi connectivity index (χ3v) is 10.1. The molecule has 6 nitrogen and oxygen atoms in total. The molecule has 0 amide bonds. The predicted octanol–water partition coefficient (Wildman–Crippen LogP) is 3.97. The van der Waals surface area contributed by atoms with Crippen LogP contribution in [0, 0.1) is 0 Å². The van der Waals surface area contributed by atoms with E-state index in [1.165, 1.54) is 14.2 Å². The number of hydrogen-bond donors (Lipinski definition) is 1. The van der Waals surface area contributed by atoms with Crippen LogP contribution in [-0.4, -0.2) is 37.2 Å². The average Bonchev–Trinajstić information content (AvgIpc) is 2.98. The van der Waals surface area contributed by atoms with Crippen LogP contribution in [0.15, 0.2) is 126 Å². The van der Waals surface area contributed by atoms with Crippen LogP contribution in [0.5, 0.6) is 0 Å². The van der Waals surface area contributed by atoms with Gasteiger partial charge in [-0.25, -0.2) is 9.59 Å². The molecule has 0 saturated heterocycles. The largest absolute Gasteiger partial charge is 0.465 e. The first-order chi connectivity index (χ1) is 18.1. The molecule has 0 atom stereocenters. The summed E-state index contributed by atoms with van der Waals surface area (Å²) in [7, 11) is 2.57. The van der Waals surface area contributed by atoms with Crippen molar-refractivity contribution in [2.24, 2.45) is 5.10 Å². The molecule has 37 heavy (non-hydrogen) atoms. The zero-order chi connectivity index (χ0) is 26.1. The van der Waals surface area contributed by atoms with E-state index in [4.69, 9.17) is 9.47 Å². The molecule has 0 aliphatic carbocycles. The lowest BCUT2D eigenvalue weighted by Gasteiger charge is -2.31. The van der Waals surface area contributed by atoms with Crippen LogP contribution < -0.4 is 21.3 Å². The van der Waals surface area contributed by atoms with E-state index >= 15 is 0 Å². The second-order valence-electron chi connectivity index (χ2n) is 7.95. The number of carbonyl (C=O) groups is 2. The normalized spacial score (nSPS) is 11.4. The van der Waals surface area contributed by atoms with Crippen molar-refractivity contribution < 1.29 is 19.1 Å². The first-order valence-corrected chi connectivity index (χ1v) is 13.4. The highest BCUT2D eigenvalue weighted by atomic mass is 31.2. The van der Waals surface area contributed by atoms with E-state index in [9.17, 15) is 9.59 Å². The number of methoxy groups -OCH3 is 2. The standard InChI is InChI=1S/C30H27N2O4P/c1-35-29(33)27(32-31-23-15-7-3-8-16-23)28(30(34)36-2)37(24-17-9-4-10-18-24,25-19-11-5-12-20-25)26-21-13-6-14-22-26/h3-22,31H,1-2H3/b32-27-. The van der Waals surface area contributed by atoms with Crippen molar-refractivity contribution in [3.8, 4) is 0 Å². The Hall–Kier alpha value is -4.41. The van der Waals surface area contributed by atoms with Gasteiger partial charge in [-0.15, -0.1) is 0 Å². The molecule has 0 heterocycles. The molecule has 7 heteroatoms. The van der Waals surface area contributed by atoms with Crippen molar-refractivity contribution in [2.45, 2.75) is 0 Å². The maximum Gasteiger partial charge on any atom is 0.359 e. The molecule has 0 fully saturated rings. The van der Waals surface area contributed by atoms with Gasteiger partial charge in [-0.1, -0.05) is 109 Å². The van der Waals surface area contributed by atoms with E-state index in [1.54, 1.807) is 0 Å². The van der Waals surface area contributed by atoms with Crippen LogP contribution in [-0.2, 0) is 19.1 Å². The highest BCUT2D eigenvalue weighted by Gasteiger charge is 2.39. The zero-order valence-corrected chi connectivity index (χ0v) is 21.5. The summed E-state index contributed by atoms with van der Waals surface area (Å²) < 4.78 is 10.5. The summed E-state index contributed by atoms with van der Waals surface area (Å²) in [6, 6.07) is 38.2. The predicted molar refractivity (Wildman–Crippen MR) is 152 cm³/mol. The second-order valence-corrected chi connectivity index (χ2v) is 11.3. The van der Waals surface area contributed by atoms with Crippen molar-refractivity contribution in [3.05, 3.63) is 121 Å². The summed E-state index contributed by atoms with van der Waals surface area (Å²) in [5.41, 5.74) is 3.42. The molecule has 4 rings (SSSR count). The molecule has 1 N–H and O–H groups in total. The number of para-hydroxylation sites is 1. The molecule has 0 bridgehead atoms. The van der Waals surface area contributed by atoms with E-state index in [0.717, 1.165) is 15.9 Å². The highest BCUT2D eigenvalue weighted by molar-refractivity contribution is 7.98. The fourth-order valence-corrected chi connectivity index (χ4v) is 8.55. The molecule has 186 valence electrons. The Morgan fingerprint density at radius 1 is 0.595 bits per heavy atom. The molecular weight excluding hydrogens is 483 g/mol. The number of benzene rings is 4. The number of nitrogens with one attached hydrogen (secondary N) is 1. The van der Waals surface area contributed by atoms with Crippen molar-refractivity contribution in [3.63, 3.8) is 0 Å². The topological polar surface area (TPSA) is 77.0 Å². The Morgan fingerprint density at radius 2 is 0.973 bits per heavy atom. The van der Waals surface area contributed by atoms with E-state index in [0.29, 0.717) is 5.69 Å². The van der Waals surface area contributed by atoms with Crippen molar-refractivity contribution in [1.82, 2.24) is 0 Å². The van der Waals surface area contributed by atoms with E-state index in [2.05, 4.69) is 10.5 Å². The van der Waals surface area contributed by atoms with Crippen LogP contribution in [0.2, 0.25) is 0 Å². The van der Waals surface area contributed by atoms with E-state index in [1.807, 2.05) is 121 Å². The molecule has 4 aromatic carbocycles. The Morgan fingerprint density at radius 3 is 1.35 bits per heavy atom. The summed E-state index contributed by atoms with van der Waals surface area (Å²) in [5.74, 6) is -1.42. The van der Waals surface area contributed by atoms with Crippen LogP contribution in [0.25, 0.3) is 0 Å². The summed E-state index contributed by atoms with van der Waals surface area (Å²) in [4.78, 5) is 27.1. The van der Waals surface area contributed by atoms with Gasteiger partial charge in [-0.2, -0.15) is 5.10 Å². The van der Waals surface area contributed by atoms with Gasteiger partial charge in [-0.3, -0.25) is 5.43 Å². The number of ether oxygens (including phenoxy) is 2. The molecular formula is C30H27N2O4P. The van der Waals surface area contributed by atoms with Gasteiger partial charge in [0.05, 0.1) is 19.9 Å². The number of hydrazone groups is 1. The minimum atomic E-state index is -3.01. The number of nitrogens with zero attached hydrogens (tertiary/aromatic N) is 1. The Labute approximate surface area is 216 Å². The number of esters is 2. The Bertz CT molecular complexity index is 1340. The molecule has 4 aromatic rings. The zero-order valence-electron chi connectivity index (χ0n) is 20.6. The van der Waals surface area contributed by atoms with Crippen LogP contribution in [0.3, 0.4) is 0 Å².